The number of aliphatic hydroxyl groups is 1. The maximum atomic E-state index is 8.91. The zero-order chi connectivity index (χ0) is 12.4. The van der Waals surface area contributed by atoms with Crippen LogP contribution >= 0.6 is 15.9 Å². The Bertz CT molecular complexity index is 527. The molecule has 17 heavy (non-hydrogen) atoms. The van der Waals surface area contributed by atoms with Gasteiger partial charge >= 0.3 is 0 Å². The standard InChI is InChI=1S/C11H12BrN3O2/c1-6-4-7(12)2-3-8(6)11-14-10(15-17-11)9(13)5-16/h2-4,9,16H,5,13H2,1H3. The van der Waals surface area contributed by atoms with Crippen LogP contribution in [0.1, 0.15) is 17.4 Å². The molecular weight excluding hydrogens is 286 g/mol. The van der Waals surface area contributed by atoms with E-state index in [1.807, 2.05) is 25.1 Å². The second kappa shape index (κ2) is 4.95. The summed E-state index contributed by atoms with van der Waals surface area (Å²) in [5.74, 6) is 0.721. The monoisotopic (exact) mass is 297 g/mol. The molecule has 2 rings (SSSR count). The molecule has 3 N–H and O–H groups in total. The van der Waals surface area contributed by atoms with Crippen molar-refractivity contribution in [3.63, 3.8) is 0 Å². The third-order valence-corrected chi connectivity index (χ3v) is 2.88. The maximum absolute atomic E-state index is 8.91. The van der Waals surface area contributed by atoms with Gasteiger partial charge in [-0.15, -0.1) is 0 Å². The molecule has 0 fully saturated rings. The van der Waals surface area contributed by atoms with Gasteiger partial charge in [-0.3, -0.25) is 0 Å². The highest BCUT2D eigenvalue weighted by Crippen LogP contribution is 2.25. The lowest BCUT2D eigenvalue weighted by atomic mass is 10.1. The van der Waals surface area contributed by atoms with Crippen molar-refractivity contribution < 1.29 is 9.63 Å². The lowest BCUT2D eigenvalue weighted by Gasteiger charge is -2.01. The Morgan fingerprint density at radius 1 is 1.53 bits per heavy atom. The summed E-state index contributed by atoms with van der Waals surface area (Å²) in [6.45, 7) is 1.74. The summed E-state index contributed by atoms with van der Waals surface area (Å²) in [5, 5.41) is 12.7. The minimum atomic E-state index is -0.608. The molecule has 6 heteroatoms. The molecular formula is C11H12BrN3O2. The number of nitrogens with zero attached hydrogens (tertiary/aromatic N) is 2. The molecule has 1 aromatic heterocycles. The highest BCUT2D eigenvalue weighted by atomic mass is 79.9. The molecule has 0 aliphatic carbocycles. The third-order valence-electron chi connectivity index (χ3n) is 2.39. The lowest BCUT2D eigenvalue weighted by Crippen LogP contribution is -2.15. The van der Waals surface area contributed by atoms with Gasteiger partial charge in [-0.25, -0.2) is 0 Å². The third kappa shape index (κ3) is 2.54. The Balaban J connectivity index is 2.37. The molecule has 0 amide bonds. The molecule has 0 bridgehead atoms. The van der Waals surface area contributed by atoms with E-state index in [1.54, 1.807) is 0 Å². The molecule has 0 saturated heterocycles. The first kappa shape index (κ1) is 12.2. The molecule has 0 aliphatic heterocycles. The van der Waals surface area contributed by atoms with Crippen LogP contribution in [0.3, 0.4) is 0 Å². The molecule has 0 spiro atoms. The van der Waals surface area contributed by atoms with Gasteiger partial charge in [-0.05, 0) is 30.7 Å². The molecule has 0 aliphatic rings. The predicted molar refractivity (Wildman–Crippen MR) is 66.2 cm³/mol. The molecule has 1 aromatic carbocycles. The molecule has 90 valence electrons. The Labute approximate surface area is 107 Å². The van der Waals surface area contributed by atoms with Crippen LogP contribution in [-0.4, -0.2) is 21.9 Å². The SMILES string of the molecule is Cc1cc(Br)ccc1-c1nc(C(N)CO)no1. The van der Waals surface area contributed by atoms with Crippen molar-refractivity contribution in [2.24, 2.45) is 5.73 Å². The van der Waals surface area contributed by atoms with E-state index in [2.05, 4.69) is 26.1 Å². The van der Waals surface area contributed by atoms with Crippen molar-refractivity contribution in [2.75, 3.05) is 6.61 Å². The number of hydrogen-bond donors (Lipinski definition) is 2. The van der Waals surface area contributed by atoms with Crippen LogP contribution in [-0.2, 0) is 0 Å². The summed E-state index contributed by atoms with van der Waals surface area (Å²) in [4.78, 5) is 4.16. The largest absolute Gasteiger partial charge is 0.394 e. The summed E-state index contributed by atoms with van der Waals surface area (Å²) < 4.78 is 6.12. The Morgan fingerprint density at radius 2 is 2.29 bits per heavy atom. The second-order valence-electron chi connectivity index (χ2n) is 3.71. The Kier molecular flexibility index (Phi) is 3.56. The van der Waals surface area contributed by atoms with E-state index in [1.165, 1.54) is 0 Å². The molecule has 1 atom stereocenters. The van der Waals surface area contributed by atoms with Crippen molar-refractivity contribution in [2.45, 2.75) is 13.0 Å². The predicted octanol–water partition coefficient (Wildman–Crippen LogP) is 1.80. The van der Waals surface area contributed by atoms with Gasteiger partial charge < -0.3 is 15.4 Å². The number of hydrogen-bond acceptors (Lipinski definition) is 5. The average Bonchev–Trinajstić information content (AvgIpc) is 2.77. The highest BCUT2D eigenvalue weighted by molar-refractivity contribution is 9.10. The Hall–Kier alpha value is -1.24. The van der Waals surface area contributed by atoms with E-state index in [-0.39, 0.29) is 6.61 Å². The van der Waals surface area contributed by atoms with Crippen LogP contribution in [0.5, 0.6) is 0 Å². The molecule has 2 aromatic rings. The molecule has 1 heterocycles. The van der Waals surface area contributed by atoms with E-state index < -0.39 is 6.04 Å². The summed E-state index contributed by atoms with van der Waals surface area (Å²) >= 11 is 3.39. The van der Waals surface area contributed by atoms with Gasteiger partial charge in [0.1, 0.15) is 0 Å². The van der Waals surface area contributed by atoms with Crippen LogP contribution < -0.4 is 5.73 Å². The molecule has 1 unspecified atom stereocenters. The fraction of sp³-hybridized carbons (Fsp3) is 0.273. The van der Waals surface area contributed by atoms with Gasteiger partial charge in [0.15, 0.2) is 5.82 Å². The van der Waals surface area contributed by atoms with E-state index in [4.69, 9.17) is 15.4 Å². The van der Waals surface area contributed by atoms with E-state index >= 15 is 0 Å². The van der Waals surface area contributed by atoms with E-state index in [0.717, 1.165) is 15.6 Å². The van der Waals surface area contributed by atoms with Crippen LogP contribution in [0.2, 0.25) is 0 Å². The lowest BCUT2D eigenvalue weighted by molar-refractivity contribution is 0.260. The van der Waals surface area contributed by atoms with Gasteiger partial charge in [0.25, 0.3) is 5.89 Å². The number of aryl methyl sites for hydroxylation is 1. The molecule has 0 radical (unpaired) electrons. The zero-order valence-electron chi connectivity index (χ0n) is 9.22. The fourth-order valence-corrected chi connectivity index (χ4v) is 1.92. The van der Waals surface area contributed by atoms with Crippen molar-refractivity contribution in [3.8, 4) is 11.5 Å². The number of aliphatic hydroxyl groups excluding tert-OH is 1. The van der Waals surface area contributed by atoms with Crippen molar-refractivity contribution in [3.05, 3.63) is 34.1 Å². The fourth-order valence-electron chi connectivity index (χ4n) is 1.44. The van der Waals surface area contributed by atoms with Crippen LogP contribution in [0.4, 0.5) is 0 Å². The highest BCUT2D eigenvalue weighted by Gasteiger charge is 2.15. The second-order valence-corrected chi connectivity index (χ2v) is 4.62. The van der Waals surface area contributed by atoms with Crippen molar-refractivity contribution in [1.29, 1.82) is 0 Å². The maximum Gasteiger partial charge on any atom is 0.258 e. The van der Waals surface area contributed by atoms with Crippen LogP contribution in [0.25, 0.3) is 11.5 Å². The summed E-state index contributed by atoms with van der Waals surface area (Å²) in [5.41, 5.74) is 7.48. The first-order chi connectivity index (χ1) is 8.11. The Morgan fingerprint density at radius 3 is 2.94 bits per heavy atom. The van der Waals surface area contributed by atoms with Gasteiger partial charge in [-0.1, -0.05) is 21.1 Å². The normalized spacial score (nSPS) is 12.7. The van der Waals surface area contributed by atoms with Crippen molar-refractivity contribution >= 4 is 15.9 Å². The minimum Gasteiger partial charge on any atom is -0.394 e. The zero-order valence-corrected chi connectivity index (χ0v) is 10.8. The molecule has 0 saturated carbocycles. The smallest absolute Gasteiger partial charge is 0.258 e. The van der Waals surface area contributed by atoms with Gasteiger partial charge in [0.05, 0.1) is 12.6 Å². The number of rotatable bonds is 3. The van der Waals surface area contributed by atoms with Gasteiger partial charge in [0.2, 0.25) is 0 Å². The number of aromatic nitrogens is 2. The summed E-state index contributed by atoms with van der Waals surface area (Å²) in [6.07, 6.45) is 0. The van der Waals surface area contributed by atoms with Gasteiger partial charge in [0, 0.05) is 10.0 Å². The topological polar surface area (TPSA) is 85.2 Å². The minimum absolute atomic E-state index is 0.210. The van der Waals surface area contributed by atoms with Crippen LogP contribution in [0.15, 0.2) is 27.2 Å². The first-order valence-corrected chi connectivity index (χ1v) is 5.87. The van der Waals surface area contributed by atoms with E-state index in [9.17, 15) is 0 Å². The van der Waals surface area contributed by atoms with Crippen LogP contribution in [0, 0.1) is 6.92 Å². The number of nitrogens with two attached hydrogens (primary N) is 1. The number of halogens is 1. The summed E-state index contributed by atoms with van der Waals surface area (Å²) in [6, 6.07) is 5.15. The average molecular weight is 298 g/mol. The quantitative estimate of drug-likeness (QED) is 0.902. The first-order valence-electron chi connectivity index (χ1n) is 5.08. The van der Waals surface area contributed by atoms with Crippen molar-refractivity contribution in [1.82, 2.24) is 10.1 Å². The molecule has 5 nitrogen and oxygen atoms in total. The van der Waals surface area contributed by atoms with E-state index in [0.29, 0.717) is 11.7 Å². The number of benzene rings is 1. The summed E-state index contributed by atoms with van der Waals surface area (Å²) in [7, 11) is 0. The van der Waals surface area contributed by atoms with Gasteiger partial charge in [-0.2, -0.15) is 4.98 Å².